The molecular formula is C26H29F3N2O2. The third-order valence-corrected chi connectivity index (χ3v) is 6.90. The molecule has 4 rings (SSSR count). The van der Waals surface area contributed by atoms with Crippen LogP contribution in [-0.2, 0) is 6.42 Å². The van der Waals surface area contributed by atoms with Crippen molar-refractivity contribution in [1.82, 2.24) is 9.88 Å². The normalized spacial score (nSPS) is 20.2. The maximum atomic E-state index is 13.2. The van der Waals surface area contributed by atoms with Gasteiger partial charge in [0.15, 0.2) is 0 Å². The summed E-state index contributed by atoms with van der Waals surface area (Å²) < 4.78 is 39.6. The van der Waals surface area contributed by atoms with Crippen molar-refractivity contribution < 1.29 is 23.1 Å². The van der Waals surface area contributed by atoms with E-state index in [1.54, 1.807) is 24.3 Å². The number of benzene rings is 2. The number of aromatic nitrogens is 1. The summed E-state index contributed by atoms with van der Waals surface area (Å²) in [6, 6.07) is 10.9. The number of hydrogen-bond donors (Lipinski definition) is 2. The van der Waals surface area contributed by atoms with Crippen LogP contribution in [0.4, 0.5) is 13.2 Å². The summed E-state index contributed by atoms with van der Waals surface area (Å²) in [5.74, 6) is -0.978. The molecule has 2 unspecified atom stereocenters. The smallest absolute Gasteiger partial charge is 0.401 e. The summed E-state index contributed by atoms with van der Waals surface area (Å²) in [5.41, 5.74) is 5.78. The highest BCUT2D eigenvalue weighted by Crippen LogP contribution is 2.38. The Morgan fingerprint density at radius 2 is 1.88 bits per heavy atom. The Morgan fingerprint density at radius 1 is 1.15 bits per heavy atom. The van der Waals surface area contributed by atoms with E-state index in [0.29, 0.717) is 19.5 Å². The average molecular weight is 459 g/mol. The van der Waals surface area contributed by atoms with Gasteiger partial charge in [0.25, 0.3) is 0 Å². The number of alkyl halides is 3. The molecule has 2 N–H and O–H groups in total. The number of fused-ring (bicyclic) bond motifs is 1. The van der Waals surface area contributed by atoms with E-state index in [-0.39, 0.29) is 17.4 Å². The molecule has 0 amide bonds. The van der Waals surface area contributed by atoms with E-state index in [9.17, 15) is 23.1 Å². The third kappa shape index (κ3) is 5.24. The van der Waals surface area contributed by atoms with Crippen molar-refractivity contribution in [3.8, 4) is 0 Å². The molecular weight excluding hydrogens is 429 g/mol. The van der Waals surface area contributed by atoms with E-state index in [1.807, 2.05) is 6.20 Å². The van der Waals surface area contributed by atoms with Gasteiger partial charge in [0.2, 0.25) is 0 Å². The molecule has 1 saturated heterocycles. The molecule has 0 bridgehead atoms. The molecule has 1 fully saturated rings. The van der Waals surface area contributed by atoms with Crippen LogP contribution in [0, 0.1) is 19.8 Å². The Labute approximate surface area is 191 Å². The zero-order valence-corrected chi connectivity index (χ0v) is 18.9. The third-order valence-electron chi connectivity index (χ3n) is 6.90. The summed E-state index contributed by atoms with van der Waals surface area (Å²) in [5, 5.41) is 10.4. The molecule has 0 spiro atoms. The number of carboxylic acids is 1. The predicted octanol–water partition coefficient (Wildman–Crippen LogP) is 6.08. The first-order valence-corrected chi connectivity index (χ1v) is 11.3. The Balaban J connectivity index is 1.70. The highest BCUT2D eigenvalue weighted by molar-refractivity contribution is 5.88. The van der Waals surface area contributed by atoms with E-state index in [0.717, 1.165) is 23.9 Å². The first-order valence-electron chi connectivity index (χ1n) is 11.3. The Morgan fingerprint density at radius 3 is 2.55 bits per heavy atom. The number of nitrogens with one attached hydrogen (secondary N) is 1. The van der Waals surface area contributed by atoms with Crippen LogP contribution in [0.5, 0.6) is 0 Å². The maximum absolute atomic E-state index is 13.2. The highest BCUT2D eigenvalue weighted by Gasteiger charge is 2.35. The number of aromatic amines is 1. The van der Waals surface area contributed by atoms with Gasteiger partial charge in [-0.25, -0.2) is 4.79 Å². The molecule has 2 heterocycles. The topological polar surface area (TPSA) is 56.3 Å². The van der Waals surface area contributed by atoms with Crippen LogP contribution >= 0.6 is 0 Å². The van der Waals surface area contributed by atoms with Crippen molar-refractivity contribution in [1.29, 1.82) is 0 Å². The minimum Gasteiger partial charge on any atom is -0.478 e. The number of aromatic carboxylic acids is 1. The Hall–Kier alpha value is -2.80. The number of aryl methyl sites for hydroxylation is 2. The van der Waals surface area contributed by atoms with Gasteiger partial charge in [-0.05, 0) is 91.9 Å². The summed E-state index contributed by atoms with van der Waals surface area (Å²) in [6.45, 7) is 3.96. The number of H-pyrrole nitrogens is 1. The van der Waals surface area contributed by atoms with Gasteiger partial charge < -0.3 is 10.1 Å². The number of rotatable bonds is 5. The summed E-state index contributed by atoms with van der Waals surface area (Å²) >= 11 is 0. The number of hydrogen-bond acceptors (Lipinski definition) is 2. The lowest BCUT2D eigenvalue weighted by Gasteiger charge is -2.30. The van der Waals surface area contributed by atoms with Crippen molar-refractivity contribution in [3.63, 3.8) is 0 Å². The summed E-state index contributed by atoms with van der Waals surface area (Å²) in [6.07, 6.45) is -0.0283. The van der Waals surface area contributed by atoms with Gasteiger partial charge in [-0.3, -0.25) is 4.90 Å². The van der Waals surface area contributed by atoms with E-state index in [4.69, 9.17) is 0 Å². The summed E-state index contributed by atoms with van der Waals surface area (Å²) in [4.78, 5) is 16.1. The van der Waals surface area contributed by atoms with Gasteiger partial charge in [-0.2, -0.15) is 13.2 Å². The molecule has 176 valence electrons. The number of likely N-dealkylation sites (tertiary alicyclic amines) is 1. The molecule has 1 aromatic heterocycles. The van der Waals surface area contributed by atoms with Crippen LogP contribution in [0.25, 0.3) is 10.9 Å². The number of carboxylic acid groups (broad SMARTS) is 1. The van der Waals surface area contributed by atoms with Crippen molar-refractivity contribution in [2.24, 2.45) is 5.92 Å². The van der Waals surface area contributed by atoms with Gasteiger partial charge in [-0.15, -0.1) is 0 Å². The quantitative estimate of drug-likeness (QED) is 0.487. The van der Waals surface area contributed by atoms with Crippen LogP contribution in [0.1, 0.15) is 51.4 Å². The fourth-order valence-corrected chi connectivity index (χ4v) is 5.37. The molecule has 0 radical (unpaired) electrons. The highest BCUT2D eigenvalue weighted by atomic mass is 19.4. The van der Waals surface area contributed by atoms with Crippen molar-refractivity contribution in [3.05, 3.63) is 70.4 Å². The second-order valence-electron chi connectivity index (χ2n) is 9.25. The lowest BCUT2D eigenvalue weighted by molar-refractivity contribution is -0.146. The van der Waals surface area contributed by atoms with Crippen LogP contribution < -0.4 is 0 Å². The lowest BCUT2D eigenvalue weighted by Crippen LogP contribution is -2.37. The van der Waals surface area contributed by atoms with E-state index in [2.05, 4.69) is 31.0 Å². The molecule has 0 aliphatic carbocycles. The first-order chi connectivity index (χ1) is 15.6. The van der Waals surface area contributed by atoms with Gasteiger partial charge in [0, 0.05) is 23.6 Å². The molecule has 0 saturated carbocycles. The number of halogens is 3. The number of nitrogens with zero attached hydrogens (tertiary/aromatic N) is 1. The molecule has 7 heteroatoms. The molecule has 1 aliphatic heterocycles. The van der Waals surface area contributed by atoms with Crippen LogP contribution in [-0.4, -0.2) is 46.8 Å². The van der Waals surface area contributed by atoms with Gasteiger partial charge in [0.1, 0.15) is 0 Å². The fraction of sp³-hybridized carbons (Fsp3) is 0.423. The van der Waals surface area contributed by atoms with Crippen LogP contribution in [0.2, 0.25) is 0 Å². The predicted molar refractivity (Wildman–Crippen MR) is 123 cm³/mol. The Bertz CT molecular complexity index is 1130. The van der Waals surface area contributed by atoms with Crippen molar-refractivity contribution in [2.45, 2.75) is 45.2 Å². The SMILES string of the molecule is Cc1cc(C)c2[nH]ccc2c1CC1CCCN(CC(F)(F)F)CC1c1ccc(C(=O)O)cc1. The monoisotopic (exact) mass is 458 g/mol. The van der Waals surface area contributed by atoms with Crippen LogP contribution in [0.15, 0.2) is 42.6 Å². The zero-order chi connectivity index (χ0) is 23.8. The minimum absolute atomic E-state index is 0.118. The second kappa shape index (κ2) is 9.21. The van der Waals surface area contributed by atoms with Crippen molar-refractivity contribution >= 4 is 16.9 Å². The maximum Gasteiger partial charge on any atom is 0.401 e. The largest absolute Gasteiger partial charge is 0.478 e. The number of carbonyl (C=O) groups is 1. The molecule has 1 aliphatic rings. The lowest BCUT2D eigenvalue weighted by atomic mass is 9.78. The molecule has 4 nitrogen and oxygen atoms in total. The molecule has 2 atom stereocenters. The van der Waals surface area contributed by atoms with Gasteiger partial charge in [-0.1, -0.05) is 18.2 Å². The van der Waals surface area contributed by atoms with E-state index >= 15 is 0 Å². The second-order valence-corrected chi connectivity index (χ2v) is 9.25. The summed E-state index contributed by atoms with van der Waals surface area (Å²) in [7, 11) is 0. The minimum atomic E-state index is -4.25. The Kier molecular flexibility index (Phi) is 6.52. The molecule has 2 aromatic carbocycles. The first kappa shape index (κ1) is 23.4. The zero-order valence-electron chi connectivity index (χ0n) is 18.9. The fourth-order valence-electron chi connectivity index (χ4n) is 5.37. The molecule has 3 aromatic rings. The standard InChI is InChI=1S/C26H29F3N2O2/c1-16-12-17(2)24-21(9-10-30-24)22(16)13-20-4-3-11-31(15-26(27,28)29)14-23(20)18-5-7-19(8-6-18)25(32)33/h5-10,12,20,23,30H,3-4,11,13-15H2,1-2H3,(H,32,33). The average Bonchev–Trinajstić information content (AvgIpc) is 3.15. The van der Waals surface area contributed by atoms with Gasteiger partial charge >= 0.3 is 12.1 Å². The van der Waals surface area contributed by atoms with E-state index in [1.165, 1.54) is 27.0 Å². The van der Waals surface area contributed by atoms with Crippen LogP contribution in [0.3, 0.4) is 0 Å². The molecule has 33 heavy (non-hydrogen) atoms. The van der Waals surface area contributed by atoms with Crippen molar-refractivity contribution in [2.75, 3.05) is 19.6 Å². The van der Waals surface area contributed by atoms with Gasteiger partial charge in [0.05, 0.1) is 12.1 Å². The van der Waals surface area contributed by atoms with E-state index < -0.39 is 18.7 Å².